The van der Waals surface area contributed by atoms with E-state index in [4.69, 9.17) is 10.5 Å². The molecular formula is C9H14N4O. The fourth-order valence-electron chi connectivity index (χ4n) is 1.49. The van der Waals surface area contributed by atoms with Crippen LogP contribution in [-0.4, -0.2) is 29.2 Å². The van der Waals surface area contributed by atoms with E-state index in [-0.39, 0.29) is 0 Å². The lowest BCUT2D eigenvalue weighted by Crippen LogP contribution is -2.44. The van der Waals surface area contributed by atoms with Gasteiger partial charge in [-0.05, 0) is 12.8 Å². The highest BCUT2D eigenvalue weighted by Crippen LogP contribution is 2.21. The molecule has 1 heterocycles. The van der Waals surface area contributed by atoms with E-state index in [1.807, 2.05) is 0 Å². The van der Waals surface area contributed by atoms with E-state index in [1.165, 1.54) is 0 Å². The summed E-state index contributed by atoms with van der Waals surface area (Å²) in [6.07, 6.45) is 3.65. The molecule has 14 heavy (non-hydrogen) atoms. The van der Waals surface area contributed by atoms with Crippen LogP contribution in [0.5, 0.6) is 5.88 Å². The van der Waals surface area contributed by atoms with Gasteiger partial charge in [-0.15, -0.1) is 0 Å². The molecular weight excluding hydrogens is 180 g/mol. The second-order valence-corrected chi connectivity index (χ2v) is 3.50. The van der Waals surface area contributed by atoms with Crippen molar-refractivity contribution in [3.05, 3.63) is 12.3 Å². The fraction of sp³-hybridized carbons (Fsp3) is 0.556. The van der Waals surface area contributed by atoms with Gasteiger partial charge in [0, 0.05) is 24.3 Å². The number of anilines is 1. The molecule has 0 radical (unpaired) electrons. The van der Waals surface area contributed by atoms with Gasteiger partial charge in [-0.25, -0.2) is 4.98 Å². The van der Waals surface area contributed by atoms with Crippen LogP contribution in [0.3, 0.4) is 0 Å². The normalized spacial score (nSPS) is 25.3. The number of methoxy groups -OCH3 is 1. The molecule has 2 rings (SSSR count). The molecule has 0 spiro atoms. The second kappa shape index (κ2) is 3.79. The van der Waals surface area contributed by atoms with Gasteiger partial charge >= 0.3 is 0 Å². The van der Waals surface area contributed by atoms with Crippen LogP contribution >= 0.6 is 0 Å². The van der Waals surface area contributed by atoms with Crippen molar-refractivity contribution in [2.75, 3.05) is 12.4 Å². The van der Waals surface area contributed by atoms with E-state index >= 15 is 0 Å². The molecule has 1 saturated carbocycles. The van der Waals surface area contributed by atoms with Crippen molar-refractivity contribution in [1.29, 1.82) is 0 Å². The number of nitrogens with two attached hydrogens (primary N) is 1. The van der Waals surface area contributed by atoms with Gasteiger partial charge < -0.3 is 15.8 Å². The molecule has 5 heteroatoms. The molecule has 0 bridgehead atoms. The molecule has 1 aliphatic carbocycles. The quantitative estimate of drug-likeness (QED) is 0.728. The van der Waals surface area contributed by atoms with Crippen LogP contribution in [0.1, 0.15) is 12.8 Å². The molecule has 76 valence electrons. The van der Waals surface area contributed by atoms with Gasteiger partial charge in [0.2, 0.25) is 11.8 Å². The summed E-state index contributed by atoms with van der Waals surface area (Å²) in [5.41, 5.74) is 5.67. The first-order valence-corrected chi connectivity index (χ1v) is 4.67. The lowest BCUT2D eigenvalue weighted by atomic mass is 9.88. The summed E-state index contributed by atoms with van der Waals surface area (Å²) in [7, 11) is 1.59. The first-order chi connectivity index (χ1) is 6.78. The molecule has 0 unspecified atom stereocenters. The van der Waals surface area contributed by atoms with Gasteiger partial charge in [0.15, 0.2) is 0 Å². The van der Waals surface area contributed by atoms with Crippen LogP contribution in [0.25, 0.3) is 0 Å². The molecule has 1 fully saturated rings. The van der Waals surface area contributed by atoms with Crippen LogP contribution in [0.2, 0.25) is 0 Å². The molecule has 3 N–H and O–H groups in total. The summed E-state index contributed by atoms with van der Waals surface area (Å²) < 4.78 is 4.99. The summed E-state index contributed by atoms with van der Waals surface area (Å²) in [5, 5.41) is 3.20. The number of hydrogen-bond acceptors (Lipinski definition) is 5. The standard InChI is InChI=1S/C9H14N4O/c1-14-8-2-3-11-9(13-8)12-7-4-6(10)5-7/h2-3,6-7H,4-5,10H2,1H3,(H,11,12,13). The van der Waals surface area contributed by atoms with Gasteiger partial charge in [-0.1, -0.05) is 0 Å². The monoisotopic (exact) mass is 194 g/mol. The van der Waals surface area contributed by atoms with E-state index in [0.29, 0.717) is 23.9 Å². The summed E-state index contributed by atoms with van der Waals surface area (Å²) in [6.45, 7) is 0. The van der Waals surface area contributed by atoms with Crippen LogP contribution in [-0.2, 0) is 0 Å². The average Bonchev–Trinajstić information content (AvgIpc) is 2.16. The van der Waals surface area contributed by atoms with Gasteiger partial charge in [0.25, 0.3) is 0 Å². The van der Waals surface area contributed by atoms with Crippen molar-refractivity contribution in [2.24, 2.45) is 5.73 Å². The van der Waals surface area contributed by atoms with Crippen molar-refractivity contribution >= 4 is 5.95 Å². The van der Waals surface area contributed by atoms with Crippen LogP contribution in [0.4, 0.5) is 5.95 Å². The van der Waals surface area contributed by atoms with Crippen molar-refractivity contribution in [2.45, 2.75) is 24.9 Å². The highest BCUT2D eigenvalue weighted by atomic mass is 16.5. The topological polar surface area (TPSA) is 73.1 Å². The fourth-order valence-corrected chi connectivity index (χ4v) is 1.49. The number of hydrogen-bond donors (Lipinski definition) is 2. The zero-order chi connectivity index (χ0) is 9.97. The highest BCUT2D eigenvalue weighted by Gasteiger charge is 2.26. The Kier molecular flexibility index (Phi) is 2.49. The lowest BCUT2D eigenvalue weighted by molar-refractivity contribution is 0.369. The number of nitrogens with one attached hydrogen (secondary N) is 1. The molecule has 0 saturated heterocycles. The number of nitrogens with zero attached hydrogens (tertiary/aromatic N) is 2. The third-order valence-corrected chi connectivity index (χ3v) is 2.35. The van der Waals surface area contributed by atoms with Crippen LogP contribution in [0, 0.1) is 0 Å². The first kappa shape index (κ1) is 9.21. The maximum atomic E-state index is 5.67. The Morgan fingerprint density at radius 3 is 3.00 bits per heavy atom. The van der Waals surface area contributed by atoms with Gasteiger partial charge in [-0.2, -0.15) is 4.98 Å². The Bertz CT molecular complexity index is 311. The van der Waals surface area contributed by atoms with Gasteiger partial charge in [0.1, 0.15) is 0 Å². The van der Waals surface area contributed by atoms with Crippen molar-refractivity contribution < 1.29 is 4.74 Å². The molecule has 0 amide bonds. The SMILES string of the molecule is COc1ccnc(NC2CC(N)C2)n1. The third-order valence-electron chi connectivity index (χ3n) is 2.35. The summed E-state index contributed by atoms with van der Waals surface area (Å²) >= 11 is 0. The first-order valence-electron chi connectivity index (χ1n) is 4.67. The summed E-state index contributed by atoms with van der Waals surface area (Å²) in [6, 6.07) is 2.47. The van der Waals surface area contributed by atoms with E-state index in [2.05, 4.69) is 15.3 Å². The summed E-state index contributed by atoms with van der Waals surface area (Å²) in [5.74, 6) is 1.19. The molecule has 1 aromatic rings. The molecule has 0 aliphatic heterocycles. The van der Waals surface area contributed by atoms with Crippen molar-refractivity contribution in [1.82, 2.24) is 9.97 Å². The minimum Gasteiger partial charge on any atom is -0.481 e. The number of rotatable bonds is 3. The van der Waals surface area contributed by atoms with Crippen LogP contribution in [0.15, 0.2) is 12.3 Å². The average molecular weight is 194 g/mol. The summed E-state index contributed by atoms with van der Waals surface area (Å²) in [4.78, 5) is 8.24. The number of ether oxygens (including phenoxy) is 1. The molecule has 5 nitrogen and oxygen atoms in total. The molecule has 1 aromatic heterocycles. The minimum atomic E-state index is 0.332. The number of aromatic nitrogens is 2. The lowest BCUT2D eigenvalue weighted by Gasteiger charge is -2.32. The van der Waals surface area contributed by atoms with E-state index in [9.17, 15) is 0 Å². The zero-order valence-corrected chi connectivity index (χ0v) is 8.10. The molecule has 1 aliphatic rings. The van der Waals surface area contributed by atoms with E-state index in [1.54, 1.807) is 19.4 Å². The Balaban J connectivity index is 1.95. The van der Waals surface area contributed by atoms with E-state index in [0.717, 1.165) is 12.8 Å². The largest absolute Gasteiger partial charge is 0.481 e. The van der Waals surface area contributed by atoms with Crippen molar-refractivity contribution in [3.8, 4) is 5.88 Å². The Labute approximate surface area is 82.7 Å². The predicted octanol–water partition coefficient (Wildman–Crippen LogP) is 0.387. The third kappa shape index (κ3) is 1.93. The minimum absolute atomic E-state index is 0.332. The second-order valence-electron chi connectivity index (χ2n) is 3.50. The van der Waals surface area contributed by atoms with Gasteiger partial charge in [0.05, 0.1) is 7.11 Å². The van der Waals surface area contributed by atoms with Crippen molar-refractivity contribution in [3.63, 3.8) is 0 Å². The highest BCUT2D eigenvalue weighted by molar-refractivity contribution is 5.30. The molecule has 0 atom stereocenters. The smallest absolute Gasteiger partial charge is 0.226 e. The molecule has 0 aromatic carbocycles. The maximum absolute atomic E-state index is 5.67. The Hall–Kier alpha value is -1.36. The Morgan fingerprint density at radius 1 is 1.57 bits per heavy atom. The Morgan fingerprint density at radius 2 is 2.36 bits per heavy atom. The van der Waals surface area contributed by atoms with Gasteiger partial charge in [-0.3, -0.25) is 0 Å². The van der Waals surface area contributed by atoms with Crippen LogP contribution < -0.4 is 15.8 Å². The maximum Gasteiger partial charge on any atom is 0.226 e. The zero-order valence-electron chi connectivity index (χ0n) is 8.10. The van der Waals surface area contributed by atoms with E-state index < -0.39 is 0 Å². The predicted molar refractivity (Wildman–Crippen MR) is 53.2 cm³/mol.